The summed E-state index contributed by atoms with van der Waals surface area (Å²) in [4.78, 5) is 2.23. The molecule has 0 spiro atoms. The van der Waals surface area contributed by atoms with E-state index in [9.17, 15) is 24.6 Å². The van der Waals surface area contributed by atoms with Crippen LogP contribution in [0.15, 0.2) is 0 Å². The van der Waals surface area contributed by atoms with Crippen LogP contribution in [0.2, 0.25) is 0 Å². The van der Waals surface area contributed by atoms with E-state index in [1.54, 1.807) is 0 Å². The predicted molar refractivity (Wildman–Crippen MR) is 69.5 cm³/mol. The highest BCUT2D eigenvalue weighted by molar-refractivity contribution is 8.07. The van der Waals surface area contributed by atoms with Gasteiger partial charge in [-0.3, -0.25) is 0 Å². The fourth-order valence-electron chi connectivity index (χ4n) is 0.735. The minimum atomic E-state index is -5.62. The topological polar surface area (TPSA) is 85.6 Å². The van der Waals surface area contributed by atoms with Crippen molar-refractivity contribution in [2.75, 3.05) is 47.8 Å². The van der Waals surface area contributed by atoms with Crippen molar-refractivity contribution in [2.45, 2.75) is 6.92 Å². The van der Waals surface area contributed by atoms with E-state index in [2.05, 4.69) is 40.0 Å². The van der Waals surface area contributed by atoms with Crippen LogP contribution in [0, 0.1) is 0 Å². The maximum Gasteiger partial charge on any atom is 0.241 e. The lowest BCUT2D eigenvalue weighted by atomic mass is 10.4. The molecule has 0 amide bonds. The van der Waals surface area contributed by atoms with E-state index in [1.165, 1.54) is 19.6 Å². The van der Waals surface area contributed by atoms with Gasteiger partial charge in [0, 0.05) is 6.54 Å². The average molecular weight is 325 g/mol. The number of nitrogens with zero attached hydrogens (tertiary/aromatic N) is 3. The zero-order valence-corrected chi connectivity index (χ0v) is 13.3. The molecule has 0 saturated carbocycles. The molecule has 0 saturated heterocycles. The minimum absolute atomic E-state index is 1.12. The summed E-state index contributed by atoms with van der Waals surface area (Å²) < 4.78 is 61.2. The van der Waals surface area contributed by atoms with Crippen LogP contribution >= 0.6 is 0 Å². The van der Waals surface area contributed by atoms with E-state index in [-0.39, 0.29) is 0 Å². The first-order chi connectivity index (χ1) is 8.18. The van der Waals surface area contributed by atoms with E-state index in [4.69, 9.17) is 0 Å². The summed E-state index contributed by atoms with van der Waals surface area (Å²) >= 11 is 0. The van der Waals surface area contributed by atoms with Gasteiger partial charge in [-0.25, -0.2) is 16.8 Å². The number of hydrogen-bond acceptors (Lipinski definition) is 5. The van der Waals surface area contributed by atoms with Crippen LogP contribution in [0.25, 0.3) is 4.13 Å². The van der Waals surface area contributed by atoms with E-state index < -0.39 is 20.8 Å². The normalized spacial score (nSPS) is 13.1. The number of likely N-dealkylation sites (N-methyl/N-ethyl adjacent to an activating group) is 2. The van der Waals surface area contributed by atoms with Gasteiger partial charge in [0.25, 0.3) is 0 Å². The quantitative estimate of drug-likeness (QED) is 0.522. The number of rotatable bonds is 6. The van der Waals surface area contributed by atoms with Crippen molar-refractivity contribution in [1.82, 2.24) is 4.90 Å². The first kappa shape index (κ1) is 20.9. The molecule has 118 valence electrons. The van der Waals surface area contributed by atoms with Crippen molar-refractivity contribution in [3.63, 3.8) is 0 Å². The molecule has 0 bridgehead atoms. The van der Waals surface area contributed by atoms with Gasteiger partial charge in [-0.1, -0.05) is 0 Å². The summed E-state index contributed by atoms with van der Waals surface area (Å²) in [6.07, 6.45) is 0. The molecular formula is C8H21F2N3O4S2. The first-order valence-electron chi connectivity index (χ1n) is 5.29. The van der Waals surface area contributed by atoms with Gasteiger partial charge < -0.3 is 13.5 Å². The summed E-state index contributed by atoms with van der Waals surface area (Å²) in [7, 11) is -2.46. The second kappa shape index (κ2) is 8.04. The molecule has 0 aliphatic rings. The highest BCUT2D eigenvalue weighted by Gasteiger charge is 2.10. The second-order valence-electron chi connectivity index (χ2n) is 4.68. The monoisotopic (exact) mass is 325 g/mol. The Bertz CT molecular complexity index is 419. The second-order valence-corrected chi connectivity index (χ2v) is 6.92. The maximum absolute atomic E-state index is 11.1. The maximum atomic E-state index is 11.1. The highest BCUT2D eigenvalue weighted by Crippen LogP contribution is 2.11. The van der Waals surface area contributed by atoms with Crippen LogP contribution in [0.5, 0.6) is 0 Å². The van der Waals surface area contributed by atoms with E-state index in [1.807, 2.05) is 0 Å². The van der Waals surface area contributed by atoms with Crippen molar-refractivity contribution < 1.29 is 29.1 Å². The molecule has 0 aromatic rings. The molecule has 0 heterocycles. The average Bonchev–Trinajstić information content (AvgIpc) is 2.10. The van der Waals surface area contributed by atoms with Crippen molar-refractivity contribution in [1.29, 1.82) is 0 Å². The van der Waals surface area contributed by atoms with E-state index >= 15 is 0 Å². The smallest absolute Gasteiger partial charge is 0.241 e. The Balaban J connectivity index is 0. The largest absolute Gasteiger partial charge is 0.379 e. The van der Waals surface area contributed by atoms with Crippen molar-refractivity contribution in [3.05, 3.63) is 4.13 Å². The summed E-state index contributed by atoms with van der Waals surface area (Å²) in [5.74, 6) is 0. The van der Waals surface area contributed by atoms with Gasteiger partial charge in [-0.2, -0.15) is 0 Å². The van der Waals surface area contributed by atoms with Gasteiger partial charge in [0.05, 0.1) is 27.2 Å². The third kappa shape index (κ3) is 20.1. The molecule has 7 nitrogen and oxygen atoms in total. The molecule has 0 rings (SSSR count). The van der Waals surface area contributed by atoms with Crippen LogP contribution in [-0.2, 0) is 20.8 Å². The Kier molecular flexibility index (Phi) is 8.87. The van der Waals surface area contributed by atoms with Crippen molar-refractivity contribution >= 4 is 20.8 Å². The molecule has 0 aromatic heterocycles. The van der Waals surface area contributed by atoms with Gasteiger partial charge >= 0.3 is 0 Å². The standard InChI is InChI=1S/C8H21N2.F2NO4S2/c1-6-10(4,5)8-7-9(2)3;1-8(4,5)3-9(2,6)7/h6-8H2,1-5H3;/q+1;-1. The summed E-state index contributed by atoms with van der Waals surface area (Å²) in [6.45, 7) is 5.87. The van der Waals surface area contributed by atoms with E-state index in [0.29, 0.717) is 0 Å². The highest BCUT2D eigenvalue weighted by atomic mass is 32.3. The van der Waals surface area contributed by atoms with Crippen molar-refractivity contribution in [2.24, 2.45) is 0 Å². The van der Waals surface area contributed by atoms with Crippen LogP contribution in [0.3, 0.4) is 0 Å². The fourth-order valence-corrected chi connectivity index (χ4v) is 1.59. The molecule has 0 fully saturated rings. The Morgan fingerprint density at radius 2 is 1.42 bits per heavy atom. The van der Waals surface area contributed by atoms with Crippen LogP contribution in [-0.4, -0.2) is 74.0 Å². The van der Waals surface area contributed by atoms with Crippen LogP contribution in [0.1, 0.15) is 6.92 Å². The lowest BCUT2D eigenvalue weighted by molar-refractivity contribution is -0.887. The summed E-state index contributed by atoms with van der Waals surface area (Å²) in [6, 6.07) is 0. The number of halogens is 2. The Labute approximate surface area is 114 Å². The SMILES string of the molecule is CC[N+](C)(C)CCN(C)C.O=S(=O)(F)[N-]S(=O)(=O)F. The summed E-state index contributed by atoms with van der Waals surface area (Å²) in [5.41, 5.74) is 0. The minimum Gasteiger partial charge on any atom is -0.379 e. The molecule has 11 heteroatoms. The lowest BCUT2D eigenvalue weighted by Gasteiger charge is -2.29. The van der Waals surface area contributed by atoms with Crippen molar-refractivity contribution in [3.8, 4) is 0 Å². The molecule has 0 unspecified atom stereocenters. The molecule has 0 aliphatic carbocycles. The van der Waals surface area contributed by atoms with Gasteiger partial charge in [0.15, 0.2) is 0 Å². The molecule has 0 radical (unpaired) electrons. The van der Waals surface area contributed by atoms with Gasteiger partial charge in [-0.15, -0.1) is 7.77 Å². The Hall–Kier alpha value is -0.360. The van der Waals surface area contributed by atoms with E-state index in [0.717, 1.165) is 8.61 Å². The predicted octanol–water partition coefficient (Wildman–Crippen LogP) is 0.433. The van der Waals surface area contributed by atoms with Crippen LogP contribution < -0.4 is 0 Å². The van der Waals surface area contributed by atoms with Gasteiger partial charge in [0.2, 0.25) is 20.8 Å². The Morgan fingerprint density at radius 3 is 1.58 bits per heavy atom. The zero-order valence-electron chi connectivity index (χ0n) is 11.7. The first-order valence-corrected chi connectivity index (χ1v) is 7.97. The fraction of sp³-hybridized carbons (Fsp3) is 1.00. The molecule has 0 aliphatic heterocycles. The molecule has 0 aromatic carbocycles. The zero-order chi connectivity index (χ0) is 15.9. The molecular weight excluding hydrogens is 304 g/mol. The third-order valence-corrected chi connectivity index (χ3v) is 3.61. The van der Waals surface area contributed by atoms with Gasteiger partial charge in [0.1, 0.15) is 0 Å². The Morgan fingerprint density at radius 1 is 1.05 bits per heavy atom. The lowest BCUT2D eigenvalue weighted by Crippen LogP contribution is -2.43. The summed E-state index contributed by atoms with van der Waals surface area (Å²) in [5, 5.41) is 0. The molecule has 0 N–H and O–H groups in total. The molecule has 19 heavy (non-hydrogen) atoms. The number of quaternary nitrogens is 1. The van der Waals surface area contributed by atoms with Gasteiger partial charge in [-0.05, 0) is 21.0 Å². The third-order valence-electron chi connectivity index (χ3n) is 2.19. The number of hydrogen-bond donors (Lipinski definition) is 0. The van der Waals surface area contributed by atoms with Crippen LogP contribution in [0.4, 0.5) is 7.77 Å². The molecule has 0 atom stereocenters.